The number of carbonyl (C=O) groups excluding carboxylic acids is 1. The van der Waals surface area contributed by atoms with Gasteiger partial charge in [-0.1, -0.05) is 42.0 Å². The van der Waals surface area contributed by atoms with Gasteiger partial charge >= 0.3 is 6.03 Å². The molecule has 0 spiro atoms. The van der Waals surface area contributed by atoms with Crippen molar-refractivity contribution in [1.82, 2.24) is 10.6 Å². The first kappa shape index (κ1) is 18.8. The fourth-order valence-corrected chi connectivity index (χ4v) is 3.63. The Hall–Kier alpha value is -2.02. The van der Waals surface area contributed by atoms with Crippen LogP contribution < -0.4 is 16.0 Å². The van der Waals surface area contributed by atoms with E-state index in [2.05, 4.69) is 47.1 Å². The van der Waals surface area contributed by atoms with Crippen molar-refractivity contribution in [3.63, 3.8) is 0 Å². The molecule has 0 unspecified atom stereocenters. The zero-order valence-electron chi connectivity index (χ0n) is 15.0. The fraction of sp³-hybridized carbons (Fsp3) is 0.350. The van der Waals surface area contributed by atoms with Crippen LogP contribution in [0.4, 0.5) is 10.5 Å². The summed E-state index contributed by atoms with van der Waals surface area (Å²) >= 11 is 1.72. The second-order valence-electron chi connectivity index (χ2n) is 6.30. The molecule has 0 radical (unpaired) electrons. The second-order valence-corrected chi connectivity index (χ2v) is 7.32. The number of urea groups is 1. The molecule has 0 bridgehead atoms. The molecular formula is C20H25N3O2S. The van der Waals surface area contributed by atoms with E-state index in [9.17, 15) is 4.79 Å². The highest BCUT2D eigenvalue weighted by molar-refractivity contribution is 7.98. The first-order valence-electron chi connectivity index (χ1n) is 8.85. The lowest BCUT2D eigenvalue weighted by atomic mass is 10.2. The fourth-order valence-electron chi connectivity index (χ4n) is 2.67. The smallest absolute Gasteiger partial charge is 0.319 e. The van der Waals surface area contributed by atoms with Crippen LogP contribution in [0.25, 0.3) is 0 Å². The van der Waals surface area contributed by atoms with Crippen molar-refractivity contribution >= 4 is 23.5 Å². The number of anilines is 1. The molecule has 1 aliphatic heterocycles. The van der Waals surface area contributed by atoms with Crippen LogP contribution in [0.3, 0.4) is 0 Å². The Bertz CT molecular complexity index is 715. The normalized spacial score (nSPS) is 16.9. The van der Waals surface area contributed by atoms with Crippen LogP contribution in [0.15, 0.2) is 53.4 Å². The third kappa shape index (κ3) is 5.76. The van der Waals surface area contributed by atoms with Crippen LogP contribution in [-0.2, 0) is 10.5 Å². The van der Waals surface area contributed by atoms with Crippen molar-refractivity contribution in [1.29, 1.82) is 0 Å². The maximum Gasteiger partial charge on any atom is 0.319 e. The monoisotopic (exact) mass is 371 g/mol. The predicted octanol–water partition coefficient (Wildman–Crippen LogP) is 3.40. The van der Waals surface area contributed by atoms with Crippen molar-refractivity contribution < 1.29 is 9.53 Å². The van der Waals surface area contributed by atoms with Gasteiger partial charge in [-0.15, -0.1) is 11.8 Å². The standard InChI is InChI=1S/C20H25N3O2S/c1-15-6-8-16(9-7-15)14-26-19-5-3-2-4-18(19)23-20(24)22-13-17-12-21-10-11-25-17/h2-9,17,21H,10-14H2,1H3,(H2,22,23,24)/t17-/m1/s1. The highest BCUT2D eigenvalue weighted by Crippen LogP contribution is 2.29. The summed E-state index contributed by atoms with van der Waals surface area (Å²) in [7, 11) is 0. The van der Waals surface area contributed by atoms with Gasteiger partial charge in [-0.05, 0) is 24.6 Å². The number of para-hydroxylation sites is 1. The molecule has 0 aromatic heterocycles. The summed E-state index contributed by atoms with van der Waals surface area (Å²) in [5.41, 5.74) is 3.35. The summed E-state index contributed by atoms with van der Waals surface area (Å²) in [6.45, 7) is 4.91. The van der Waals surface area contributed by atoms with Crippen molar-refractivity contribution in [2.75, 3.05) is 31.6 Å². The molecule has 2 aromatic carbocycles. The van der Waals surface area contributed by atoms with Crippen LogP contribution in [-0.4, -0.2) is 38.4 Å². The number of morpholine rings is 1. The predicted molar refractivity (Wildman–Crippen MR) is 107 cm³/mol. The zero-order valence-corrected chi connectivity index (χ0v) is 15.8. The van der Waals surface area contributed by atoms with Crippen molar-refractivity contribution in [3.8, 4) is 0 Å². The van der Waals surface area contributed by atoms with E-state index in [1.165, 1.54) is 11.1 Å². The molecular weight excluding hydrogens is 346 g/mol. The number of benzene rings is 2. The summed E-state index contributed by atoms with van der Waals surface area (Å²) in [5.74, 6) is 0.863. The van der Waals surface area contributed by atoms with E-state index in [1.54, 1.807) is 11.8 Å². The van der Waals surface area contributed by atoms with Crippen molar-refractivity contribution in [3.05, 3.63) is 59.7 Å². The van der Waals surface area contributed by atoms with Gasteiger partial charge < -0.3 is 20.7 Å². The number of hydrogen-bond acceptors (Lipinski definition) is 4. The quantitative estimate of drug-likeness (QED) is 0.681. The Morgan fingerprint density at radius 1 is 1.23 bits per heavy atom. The number of nitrogens with one attached hydrogen (secondary N) is 3. The first-order valence-corrected chi connectivity index (χ1v) is 9.84. The van der Waals surface area contributed by atoms with Gasteiger partial charge in [-0.2, -0.15) is 0 Å². The molecule has 2 amide bonds. The van der Waals surface area contributed by atoms with E-state index in [1.807, 2.05) is 24.3 Å². The molecule has 3 rings (SSSR count). The van der Waals surface area contributed by atoms with Crippen LogP contribution in [0, 0.1) is 6.92 Å². The Morgan fingerprint density at radius 2 is 2.04 bits per heavy atom. The summed E-state index contributed by atoms with van der Waals surface area (Å²) in [6.07, 6.45) is 0.0284. The van der Waals surface area contributed by atoms with Crippen LogP contribution in [0.5, 0.6) is 0 Å². The van der Waals surface area contributed by atoms with Crippen molar-refractivity contribution in [2.45, 2.75) is 23.7 Å². The van der Waals surface area contributed by atoms with E-state index in [-0.39, 0.29) is 12.1 Å². The van der Waals surface area contributed by atoms with Gasteiger partial charge in [-0.3, -0.25) is 0 Å². The Kier molecular flexibility index (Phi) is 6.94. The number of amides is 2. The van der Waals surface area contributed by atoms with Gasteiger partial charge in [0.25, 0.3) is 0 Å². The molecule has 2 aromatic rings. The molecule has 138 valence electrons. The topological polar surface area (TPSA) is 62.4 Å². The number of hydrogen-bond donors (Lipinski definition) is 3. The molecule has 3 N–H and O–H groups in total. The molecule has 0 saturated carbocycles. The van der Waals surface area contributed by atoms with Gasteiger partial charge in [0, 0.05) is 30.3 Å². The van der Waals surface area contributed by atoms with Gasteiger partial charge in [0.2, 0.25) is 0 Å². The SMILES string of the molecule is Cc1ccc(CSc2ccccc2NC(=O)NC[C@H]2CNCCO2)cc1. The number of aryl methyl sites for hydroxylation is 1. The third-order valence-electron chi connectivity index (χ3n) is 4.14. The molecule has 5 nitrogen and oxygen atoms in total. The molecule has 1 saturated heterocycles. The van der Waals surface area contributed by atoms with E-state index in [0.717, 1.165) is 29.4 Å². The van der Waals surface area contributed by atoms with E-state index < -0.39 is 0 Å². The third-order valence-corrected chi connectivity index (χ3v) is 5.29. The van der Waals surface area contributed by atoms with Crippen LogP contribution in [0.2, 0.25) is 0 Å². The lowest BCUT2D eigenvalue weighted by Crippen LogP contribution is -2.46. The Morgan fingerprint density at radius 3 is 2.81 bits per heavy atom. The molecule has 1 atom stereocenters. The van der Waals surface area contributed by atoms with Crippen LogP contribution in [0.1, 0.15) is 11.1 Å². The van der Waals surface area contributed by atoms with E-state index in [4.69, 9.17) is 4.74 Å². The lowest BCUT2D eigenvalue weighted by Gasteiger charge is -2.23. The average Bonchev–Trinajstić information content (AvgIpc) is 2.68. The first-order chi connectivity index (χ1) is 12.7. The number of thioether (sulfide) groups is 1. The molecule has 1 aliphatic rings. The lowest BCUT2D eigenvalue weighted by molar-refractivity contribution is 0.0310. The van der Waals surface area contributed by atoms with Gasteiger partial charge in [0.1, 0.15) is 0 Å². The zero-order chi connectivity index (χ0) is 18.2. The number of ether oxygens (including phenoxy) is 1. The summed E-state index contributed by atoms with van der Waals surface area (Å²) in [6, 6.07) is 16.2. The molecule has 1 heterocycles. The Labute approximate surface area is 158 Å². The second kappa shape index (κ2) is 9.62. The van der Waals surface area contributed by atoms with E-state index >= 15 is 0 Å². The van der Waals surface area contributed by atoms with Gasteiger partial charge in [0.05, 0.1) is 18.4 Å². The highest BCUT2D eigenvalue weighted by atomic mass is 32.2. The molecule has 6 heteroatoms. The molecule has 1 fully saturated rings. The summed E-state index contributed by atoms with van der Waals surface area (Å²) in [4.78, 5) is 13.3. The number of carbonyl (C=O) groups is 1. The Balaban J connectivity index is 1.52. The van der Waals surface area contributed by atoms with E-state index in [0.29, 0.717) is 13.2 Å². The number of rotatable bonds is 6. The van der Waals surface area contributed by atoms with Gasteiger partial charge in [-0.25, -0.2) is 4.79 Å². The highest BCUT2D eigenvalue weighted by Gasteiger charge is 2.14. The maximum absolute atomic E-state index is 12.2. The largest absolute Gasteiger partial charge is 0.374 e. The minimum atomic E-state index is -0.206. The minimum absolute atomic E-state index is 0.0284. The average molecular weight is 372 g/mol. The molecule has 0 aliphatic carbocycles. The summed E-state index contributed by atoms with van der Waals surface area (Å²) in [5, 5.41) is 9.09. The van der Waals surface area contributed by atoms with Crippen LogP contribution >= 0.6 is 11.8 Å². The molecule has 26 heavy (non-hydrogen) atoms. The summed E-state index contributed by atoms with van der Waals surface area (Å²) < 4.78 is 5.59. The van der Waals surface area contributed by atoms with Crippen molar-refractivity contribution in [2.24, 2.45) is 0 Å². The van der Waals surface area contributed by atoms with Gasteiger partial charge in [0.15, 0.2) is 0 Å². The minimum Gasteiger partial charge on any atom is -0.374 e. The maximum atomic E-state index is 12.2.